The second-order valence-electron chi connectivity index (χ2n) is 22.8. The van der Waals surface area contributed by atoms with Crippen molar-refractivity contribution in [1.29, 1.82) is 0 Å². The highest BCUT2D eigenvalue weighted by molar-refractivity contribution is 5.76. The molecule has 0 aromatic rings. The van der Waals surface area contributed by atoms with Crippen molar-refractivity contribution >= 4 is 5.91 Å². The van der Waals surface area contributed by atoms with Crippen molar-refractivity contribution in [3.8, 4) is 0 Å². The Morgan fingerprint density at radius 2 is 0.821 bits per heavy atom. The molecule has 3 rings (SSSR count). The summed E-state index contributed by atoms with van der Waals surface area (Å²) in [6.07, 6.45) is 30.6. The van der Waals surface area contributed by atoms with Crippen LogP contribution in [0.2, 0.25) is 0 Å². The lowest BCUT2D eigenvalue weighted by atomic mass is 9.96. The molecule has 19 heteroatoms. The van der Waals surface area contributed by atoms with E-state index in [0.29, 0.717) is 12.8 Å². The topological polar surface area (TPSA) is 307 Å². The second kappa shape index (κ2) is 47.3. The molecule has 0 aliphatic carbocycles. The minimum Gasteiger partial charge on any atom is -0.394 e. The average molecular weight is 1200 g/mol. The maximum absolute atomic E-state index is 13.3. The largest absolute Gasteiger partial charge is 0.394 e. The number of amides is 1. The molecule has 3 aliphatic heterocycles. The minimum absolute atomic E-state index is 0.252. The summed E-state index contributed by atoms with van der Waals surface area (Å²) in [6.45, 7) is 1.58. The van der Waals surface area contributed by atoms with Crippen LogP contribution in [0, 0.1) is 0 Å². The molecule has 486 valence electrons. The average Bonchev–Trinajstić information content (AvgIpc) is 2.27. The third-order valence-electron chi connectivity index (χ3n) is 15.8. The number of hydrogen-bond acceptors (Lipinski definition) is 18. The number of aliphatic hydroxyl groups is 11. The second-order valence-corrected chi connectivity index (χ2v) is 22.8. The van der Waals surface area contributed by atoms with Crippen molar-refractivity contribution in [3.63, 3.8) is 0 Å². The monoisotopic (exact) mass is 1200 g/mol. The normalized spacial score (nSPS) is 29.7. The predicted octanol–water partition coefficient (Wildman–Crippen LogP) is 6.99. The lowest BCUT2D eigenvalue weighted by molar-refractivity contribution is -0.379. The number of allylic oxidation sites excluding steroid dienone is 12. The van der Waals surface area contributed by atoms with Crippen molar-refractivity contribution in [3.05, 3.63) is 72.9 Å². The van der Waals surface area contributed by atoms with Gasteiger partial charge in [-0.3, -0.25) is 4.79 Å². The minimum atomic E-state index is -1.97. The van der Waals surface area contributed by atoms with E-state index in [1.807, 2.05) is 0 Å². The Morgan fingerprint density at radius 1 is 0.440 bits per heavy atom. The molecule has 3 fully saturated rings. The van der Waals surface area contributed by atoms with Gasteiger partial charge in [-0.2, -0.15) is 0 Å². The summed E-state index contributed by atoms with van der Waals surface area (Å²) in [4.78, 5) is 13.3. The fraction of sp³-hybridized carbons (Fsp3) is 0.800. The molecule has 0 radical (unpaired) electrons. The van der Waals surface area contributed by atoms with Crippen LogP contribution >= 0.6 is 0 Å². The van der Waals surface area contributed by atoms with Crippen LogP contribution in [0.25, 0.3) is 0 Å². The molecule has 12 N–H and O–H groups in total. The van der Waals surface area contributed by atoms with Crippen LogP contribution in [0.3, 0.4) is 0 Å². The molecule has 3 aliphatic rings. The van der Waals surface area contributed by atoms with E-state index < -0.39 is 124 Å². The molecule has 84 heavy (non-hydrogen) atoms. The summed E-state index contributed by atoms with van der Waals surface area (Å²) in [6, 6.07) is -0.887. The number of unbranched alkanes of at least 4 members (excludes halogenated alkanes) is 19. The lowest BCUT2D eigenvalue weighted by Gasteiger charge is -2.48. The van der Waals surface area contributed by atoms with Gasteiger partial charge in [0.05, 0.1) is 38.6 Å². The Bertz CT molecular complexity index is 1810. The van der Waals surface area contributed by atoms with Gasteiger partial charge in [0.2, 0.25) is 5.91 Å². The smallest absolute Gasteiger partial charge is 0.220 e. The Hall–Kier alpha value is -2.77. The van der Waals surface area contributed by atoms with Crippen molar-refractivity contribution in [1.82, 2.24) is 5.32 Å². The quantitative estimate of drug-likeness (QED) is 0.0216. The first-order valence-electron chi connectivity index (χ1n) is 32.2. The number of nitrogens with one attached hydrogen (secondary N) is 1. The molecule has 0 saturated carbocycles. The van der Waals surface area contributed by atoms with Crippen LogP contribution in [0.1, 0.15) is 200 Å². The summed E-state index contributed by atoms with van der Waals surface area (Å²) >= 11 is 0. The van der Waals surface area contributed by atoms with Crippen LogP contribution in [0.15, 0.2) is 72.9 Å². The van der Waals surface area contributed by atoms with Crippen LogP contribution in [-0.4, -0.2) is 193 Å². The standard InChI is InChI=1S/C65H113NO18/c1-3-5-7-9-11-12-13-14-15-16-17-18-19-20-21-22-23-24-25-26-27-28-29-30-31-32-33-34-35-36-37-39-41-43-53(71)66-48(49(70)42-40-38-10-8-6-4-2)47-79-63-59(77)56(74)61(51(45-68)81-63)84-65-60(78)57(75)62(52(46-69)82-65)83-64-58(76)55(73)54(72)50(44-67)80-64/h5,7,11-12,14-15,17-18,20-21,23-24,48-52,54-65,67-70,72-78H,3-4,6,8-10,13,16,19,22,25-47H2,1-2H3,(H,66,71)/b7-5-,12-11-,15-14-,18-17-,21-20-,24-23-. The van der Waals surface area contributed by atoms with Gasteiger partial charge in [-0.25, -0.2) is 0 Å². The summed E-state index contributed by atoms with van der Waals surface area (Å²) in [5, 5.41) is 120. The third kappa shape index (κ3) is 30.0. The van der Waals surface area contributed by atoms with Gasteiger partial charge >= 0.3 is 0 Å². The molecule has 3 heterocycles. The van der Waals surface area contributed by atoms with Crippen LogP contribution in [0.4, 0.5) is 0 Å². The van der Waals surface area contributed by atoms with E-state index in [0.717, 1.165) is 103 Å². The number of carbonyl (C=O) groups is 1. The lowest BCUT2D eigenvalue weighted by Crippen LogP contribution is -2.66. The highest BCUT2D eigenvalue weighted by atomic mass is 16.8. The van der Waals surface area contributed by atoms with Gasteiger partial charge in [0, 0.05) is 6.42 Å². The summed E-state index contributed by atoms with van der Waals surface area (Å²) in [5.41, 5.74) is 0. The fourth-order valence-electron chi connectivity index (χ4n) is 10.6. The molecule has 0 aromatic heterocycles. The van der Waals surface area contributed by atoms with E-state index in [2.05, 4.69) is 92.1 Å². The third-order valence-corrected chi connectivity index (χ3v) is 15.8. The molecule has 3 saturated heterocycles. The summed E-state index contributed by atoms with van der Waals surface area (Å²) in [7, 11) is 0. The van der Waals surface area contributed by atoms with Gasteiger partial charge in [-0.05, 0) is 64.2 Å². The van der Waals surface area contributed by atoms with Crippen molar-refractivity contribution < 1.29 is 89.4 Å². The molecule has 17 unspecified atom stereocenters. The van der Waals surface area contributed by atoms with E-state index in [4.69, 9.17) is 28.4 Å². The van der Waals surface area contributed by atoms with Gasteiger partial charge in [0.1, 0.15) is 73.2 Å². The molecule has 0 bridgehead atoms. The number of aliphatic hydroxyl groups excluding tert-OH is 11. The molecular formula is C65H113NO18. The van der Waals surface area contributed by atoms with E-state index >= 15 is 0 Å². The predicted molar refractivity (Wildman–Crippen MR) is 323 cm³/mol. The van der Waals surface area contributed by atoms with Crippen molar-refractivity contribution in [2.45, 2.75) is 304 Å². The summed E-state index contributed by atoms with van der Waals surface area (Å²) < 4.78 is 34.2. The Kier molecular flexibility index (Phi) is 42.5. The fourth-order valence-corrected chi connectivity index (χ4v) is 10.6. The highest BCUT2D eigenvalue weighted by Gasteiger charge is 2.53. The zero-order chi connectivity index (χ0) is 61.2. The Morgan fingerprint density at radius 3 is 1.29 bits per heavy atom. The van der Waals surface area contributed by atoms with Crippen LogP contribution < -0.4 is 5.32 Å². The molecular weight excluding hydrogens is 1080 g/mol. The molecule has 0 spiro atoms. The van der Waals surface area contributed by atoms with Crippen LogP contribution in [0.5, 0.6) is 0 Å². The van der Waals surface area contributed by atoms with E-state index in [9.17, 15) is 61.0 Å². The van der Waals surface area contributed by atoms with Gasteiger partial charge in [-0.15, -0.1) is 0 Å². The van der Waals surface area contributed by atoms with E-state index in [-0.39, 0.29) is 18.9 Å². The van der Waals surface area contributed by atoms with Crippen LogP contribution in [-0.2, 0) is 33.2 Å². The number of hydrogen-bond donors (Lipinski definition) is 12. The number of rotatable bonds is 47. The molecule has 0 aromatic carbocycles. The van der Waals surface area contributed by atoms with Crippen molar-refractivity contribution in [2.24, 2.45) is 0 Å². The number of carbonyl (C=O) groups excluding carboxylic acids is 1. The Balaban J connectivity index is 1.31. The SMILES string of the molecule is CC/C=C\C/C=C\C/C=C\C/C=C\C/C=C\C/C=C\CCCCCCCCCCCCCCCCC(=O)NC(COC1OC(CO)C(OC2OC(CO)C(OC3OC(CO)C(O)C(O)C3O)C(O)C2O)C(O)C1O)C(O)CCCCCCCC. The van der Waals surface area contributed by atoms with Crippen molar-refractivity contribution in [2.75, 3.05) is 26.4 Å². The van der Waals surface area contributed by atoms with Gasteiger partial charge in [0.25, 0.3) is 0 Å². The van der Waals surface area contributed by atoms with E-state index in [1.165, 1.54) is 64.2 Å². The zero-order valence-corrected chi connectivity index (χ0v) is 50.9. The zero-order valence-electron chi connectivity index (χ0n) is 50.9. The maximum atomic E-state index is 13.3. The molecule has 19 nitrogen and oxygen atoms in total. The highest BCUT2D eigenvalue weighted by Crippen LogP contribution is 2.33. The molecule has 1 amide bonds. The van der Waals surface area contributed by atoms with Gasteiger partial charge in [-0.1, -0.05) is 202 Å². The maximum Gasteiger partial charge on any atom is 0.220 e. The number of ether oxygens (including phenoxy) is 6. The first-order chi connectivity index (χ1) is 40.8. The first kappa shape index (κ1) is 75.5. The first-order valence-corrected chi connectivity index (χ1v) is 32.2. The summed E-state index contributed by atoms with van der Waals surface area (Å²) in [5.74, 6) is -0.252. The Labute approximate surface area is 502 Å². The van der Waals surface area contributed by atoms with Gasteiger partial charge < -0.3 is 89.9 Å². The van der Waals surface area contributed by atoms with Gasteiger partial charge in [0.15, 0.2) is 18.9 Å². The molecule has 17 atom stereocenters. The van der Waals surface area contributed by atoms with E-state index in [1.54, 1.807) is 0 Å².